The second kappa shape index (κ2) is 8.81. The zero-order valence-corrected chi connectivity index (χ0v) is 14.3. The fraction of sp³-hybridized carbons (Fsp3) is 0.263. The molecule has 0 fully saturated rings. The Morgan fingerprint density at radius 1 is 1.32 bits per heavy atom. The highest BCUT2D eigenvalue weighted by Gasteiger charge is 2.08. The molecule has 2 rings (SSSR count). The van der Waals surface area contributed by atoms with E-state index in [1.54, 1.807) is 36.4 Å². The average molecular weight is 341 g/mol. The maximum absolute atomic E-state index is 13.7. The number of nitrogens with zero attached hydrogens (tertiary/aromatic N) is 2. The molecule has 0 saturated heterocycles. The standard InChI is InChI=1S/C19H20FN3O2/c1-23(13-15-6-7-18(25-2)17(20)11-15)9-8-19(24)22-16-5-3-4-14(10-16)12-21/h3-7,10-11H,8-9,13H2,1-2H3,(H,22,24). The molecule has 25 heavy (non-hydrogen) atoms. The summed E-state index contributed by atoms with van der Waals surface area (Å²) in [7, 11) is 3.29. The van der Waals surface area contributed by atoms with E-state index in [0.717, 1.165) is 5.56 Å². The normalized spacial score (nSPS) is 10.4. The molecule has 5 nitrogen and oxygen atoms in total. The summed E-state index contributed by atoms with van der Waals surface area (Å²) in [6.07, 6.45) is 0.298. The van der Waals surface area contributed by atoms with Gasteiger partial charge in [0.25, 0.3) is 0 Å². The topological polar surface area (TPSA) is 65.4 Å². The minimum absolute atomic E-state index is 0.136. The lowest BCUT2D eigenvalue weighted by Gasteiger charge is -2.17. The maximum atomic E-state index is 13.7. The van der Waals surface area contributed by atoms with Gasteiger partial charge in [-0.25, -0.2) is 4.39 Å². The van der Waals surface area contributed by atoms with Gasteiger partial charge in [-0.15, -0.1) is 0 Å². The van der Waals surface area contributed by atoms with Crippen LogP contribution in [0.25, 0.3) is 0 Å². The van der Waals surface area contributed by atoms with Crippen molar-refractivity contribution in [3.05, 3.63) is 59.4 Å². The quantitative estimate of drug-likeness (QED) is 0.840. The minimum atomic E-state index is -0.400. The molecule has 2 aromatic carbocycles. The highest BCUT2D eigenvalue weighted by atomic mass is 19.1. The van der Waals surface area contributed by atoms with Crippen molar-refractivity contribution in [1.29, 1.82) is 5.26 Å². The molecule has 0 aromatic heterocycles. The number of carbonyl (C=O) groups is 1. The Hall–Kier alpha value is -2.91. The molecule has 2 aromatic rings. The third kappa shape index (κ3) is 5.59. The molecule has 0 spiro atoms. The molecule has 0 heterocycles. The van der Waals surface area contributed by atoms with Crippen molar-refractivity contribution >= 4 is 11.6 Å². The number of rotatable bonds is 7. The SMILES string of the molecule is COc1ccc(CN(C)CCC(=O)Nc2cccc(C#N)c2)cc1F. The first-order valence-electron chi connectivity index (χ1n) is 7.83. The van der Waals surface area contributed by atoms with Crippen molar-refractivity contribution in [1.82, 2.24) is 4.90 Å². The summed E-state index contributed by atoms with van der Waals surface area (Å²) < 4.78 is 18.6. The number of carbonyl (C=O) groups excluding carboxylic acids is 1. The van der Waals surface area contributed by atoms with Crippen LogP contribution in [-0.2, 0) is 11.3 Å². The molecule has 0 unspecified atom stereocenters. The first-order valence-corrected chi connectivity index (χ1v) is 7.83. The van der Waals surface area contributed by atoms with Crippen LogP contribution in [0, 0.1) is 17.1 Å². The summed E-state index contributed by atoms with van der Waals surface area (Å²) in [5.74, 6) is -0.322. The number of nitrogens with one attached hydrogen (secondary N) is 1. The van der Waals surface area contributed by atoms with E-state index in [0.29, 0.717) is 30.8 Å². The van der Waals surface area contributed by atoms with E-state index >= 15 is 0 Å². The molecule has 6 heteroatoms. The van der Waals surface area contributed by atoms with Crippen molar-refractivity contribution in [3.8, 4) is 11.8 Å². The Balaban J connectivity index is 1.82. The van der Waals surface area contributed by atoms with Gasteiger partial charge in [0.15, 0.2) is 11.6 Å². The molecule has 130 valence electrons. The van der Waals surface area contributed by atoms with Gasteiger partial charge in [0.05, 0.1) is 18.7 Å². The highest BCUT2D eigenvalue weighted by Crippen LogP contribution is 2.18. The smallest absolute Gasteiger partial charge is 0.225 e. The number of halogens is 1. The third-order valence-corrected chi connectivity index (χ3v) is 3.66. The Morgan fingerprint density at radius 3 is 2.80 bits per heavy atom. The summed E-state index contributed by atoms with van der Waals surface area (Å²) in [4.78, 5) is 13.9. The van der Waals surface area contributed by atoms with Gasteiger partial charge in [0.2, 0.25) is 5.91 Å². The predicted octanol–water partition coefficient (Wildman–Crippen LogP) is 3.17. The van der Waals surface area contributed by atoms with E-state index in [4.69, 9.17) is 10.00 Å². The summed E-state index contributed by atoms with van der Waals surface area (Å²) >= 11 is 0. The molecule has 0 radical (unpaired) electrons. The Kier molecular flexibility index (Phi) is 6.49. The van der Waals surface area contributed by atoms with Gasteiger partial charge in [-0.3, -0.25) is 4.79 Å². The van der Waals surface area contributed by atoms with E-state index in [9.17, 15) is 9.18 Å². The van der Waals surface area contributed by atoms with Crippen LogP contribution in [-0.4, -0.2) is 31.5 Å². The number of hydrogen-bond donors (Lipinski definition) is 1. The largest absolute Gasteiger partial charge is 0.494 e. The van der Waals surface area contributed by atoms with Crippen LogP contribution in [0.2, 0.25) is 0 Å². The molecule has 0 aliphatic rings. The Morgan fingerprint density at radius 2 is 2.12 bits per heavy atom. The molecular formula is C19H20FN3O2. The molecule has 0 aliphatic carbocycles. The van der Waals surface area contributed by atoms with E-state index < -0.39 is 5.82 Å². The first kappa shape index (κ1) is 18.4. The lowest BCUT2D eigenvalue weighted by molar-refractivity contribution is -0.116. The van der Waals surface area contributed by atoms with Gasteiger partial charge in [0, 0.05) is 25.2 Å². The monoisotopic (exact) mass is 341 g/mol. The number of hydrogen-bond acceptors (Lipinski definition) is 4. The van der Waals surface area contributed by atoms with E-state index in [1.165, 1.54) is 13.2 Å². The fourth-order valence-electron chi connectivity index (χ4n) is 2.38. The molecule has 1 N–H and O–H groups in total. The second-order valence-electron chi connectivity index (χ2n) is 5.70. The van der Waals surface area contributed by atoms with Gasteiger partial charge in [0.1, 0.15) is 0 Å². The summed E-state index contributed by atoms with van der Waals surface area (Å²) in [6, 6.07) is 13.6. The molecule has 0 saturated carbocycles. The van der Waals surface area contributed by atoms with E-state index in [1.807, 2.05) is 18.0 Å². The van der Waals surface area contributed by atoms with Crippen LogP contribution >= 0.6 is 0 Å². The van der Waals surface area contributed by atoms with Crippen molar-refractivity contribution in [2.24, 2.45) is 0 Å². The lowest BCUT2D eigenvalue weighted by Crippen LogP contribution is -2.24. The number of nitriles is 1. The number of ether oxygens (including phenoxy) is 1. The van der Waals surface area contributed by atoms with Gasteiger partial charge in [-0.2, -0.15) is 5.26 Å². The van der Waals surface area contributed by atoms with Crippen LogP contribution in [0.5, 0.6) is 5.75 Å². The molecular weight excluding hydrogens is 321 g/mol. The average Bonchev–Trinajstić information content (AvgIpc) is 2.60. The molecule has 1 amide bonds. The van der Waals surface area contributed by atoms with Crippen molar-refractivity contribution in [2.75, 3.05) is 26.0 Å². The predicted molar refractivity (Wildman–Crippen MR) is 93.7 cm³/mol. The molecule has 0 atom stereocenters. The van der Waals surface area contributed by atoms with Gasteiger partial charge < -0.3 is 15.0 Å². The third-order valence-electron chi connectivity index (χ3n) is 3.66. The Bertz CT molecular complexity index is 786. The summed E-state index contributed by atoms with van der Waals surface area (Å²) in [5.41, 5.74) is 1.91. The lowest BCUT2D eigenvalue weighted by atomic mass is 10.2. The van der Waals surface area contributed by atoms with Crippen LogP contribution in [0.3, 0.4) is 0 Å². The summed E-state index contributed by atoms with van der Waals surface area (Å²) in [5, 5.41) is 11.6. The first-order chi connectivity index (χ1) is 12.0. The number of methoxy groups -OCH3 is 1. The minimum Gasteiger partial charge on any atom is -0.494 e. The van der Waals surface area contributed by atoms with Gasteiger partial charge in [-0.05, 0) is 42.9 Å². The number of amides is 1. The zero-order chi connectivity index (χ0) is 18.2. The fourth-order valence-corrected chi connectivity index (χ4v) is 2.38. The maximum Gasteiger partial charge on any atom is 0.225 e. The van der Waals surface area contributed by atoms with Crippen LogP contribution in [0.15, 0.2) is 42.5 Å². The van der Waals surface area contributed by atoms with E-state index in [-0.39, 0.29) is 11.7 Å². The molecule has 0 aliphatic heterocycles. The highest BCUT2D eigenvalue weighted by molar-refractivity contribution is 5.90. The van der Waals surface area contributed by atoms with Gasteiger partial charge >= 0.3 is 0 Å². The van der Waals surface area contributed by atoms with E-state index in [2.05, 4.69) is 5.32 Å². The van der Waals surface area contributed by atoms with Crippen molar-refractivity contribution in [2.45, 2.75) is 13.0 Å². The second-order valence-corrected chi connectivity index (χ2v) is 5.70. The van der Waals surface area contributed by atoms with Crippen molar-refractivity contribution < 1.29 is 13.9 Å². The Labute approximate surface area is 146 Å². The van der Waals surface area contributed by atoms with Crippen molar-refractivity contribution in [3.63, 3.8) is 0 Å². The molecule has 0 bridgehead atoms. The van der Waals surface area contributed by atoms with Crippen LogP contribution < -0.4 is 10.1 Å². The summed E-state index contributed by atoms with van der Waals surface area (Å²) in [6.45, 7) is 1.05. The van der Waals surface area contributed by atoms with Crippen LogP contribution in [0.1, 0.15) is 17.5 Å². The van der Waals surface area contributed by atoms with Crippen LogP contribution in [0.4, 0.5) is 10.1 Å². The van der Waals surface area contributed by atoms with Gasteiger partial charge in [-0.1, -0.05) is 12.1 Å². The number of benzene rings is 2. The number of anilines is 1. The zero-order valence-electron chi connectivity index (χ0n) is 14.3.